The number of hydrogen-bond acceptors (Lipinski definition) is 3. The molecule has 1 aromatic rings. The van der Waals surface area contributed by atoms with Gasteiger partial charge < -0.3 is 10.4 Å². The van der Waals surface area contributed by atoms with Crippen molar-refractivity contribution in [3.63, 3.8) is 0 Å². The van der Waals surface area contributed by atoms with E-state index in [0.717, 1.165) is 5.69 Å². The minimum Gasteiger partial charge on any atom is -0.388 e. The lowest BCUT2D eigenvalue weighted by Gasteiger charge is -2.27. The Hall–Kier alpha value is -1.36. The second-order valence-corrected chi connectivity index (χ2v) is 5.93. The Morgan fingerprint density at radius 2 is 2.05 bits per heavy atom. The molecule has 0 aliphatic heterocycles. The molecule has 0 saturated carbocycles. The van der Waals surface area contributed by atoms with Crippen LogP contribution in [0.25, 0.3) is 0 Å². The van der Waals surface area contributed by atoms with E-state index in [9.17, 15) is 9.90 Å². The van der Waals surface area contributed by atoms with E-state index in [1.165, 1.54) is 0 Å². The maximum absolute atomic E-state index is 12.1. The van der Waals surface area contributed by atoms with Gasteiger partial charge in [-0.2, -0.15) is 5.10 Å². The Labute approximate surface area is 115 Å². The minimum absolute atomic E-state index is 0.0746. The summed E-state index contributed by atoms with van der Waals surface area (Å²) in [7, 11) is 1.75. The highest BCUT2D eigenvalue weighted by Crippen LogP contribution is 2.16. The van der Waals surface area contributed by atoms with Crippen molar-refractivity contribution in [1.29, 1.82) is 0 Å². The number of aromatic nitrogens is 2. The number of aliphatic hydroxyl groups is 1. The molecule has 0 aromatic carbocycles. The van der Waals surface area contributed by atoms with Gasteiger partial charge in [0.15, 0.2) is 0 Å². The number of hydrogen-bond donors (Lipinski definition) is 2. The summed E-state index contributed by atoms with van der Waals surface area (Å²) in [5.74, 6) is 0.153. The topological polar surface area (TPSA) is 67.2 Å². The van der Waals surface area contributed by atoms with E-state index in [1.807, 2.05) is 27.7 Å². The highest BCUT2D eigenvalue weighted by atomic mass is 16.3. The number of nitrogens with zero attached hydrogens (tertiary/aromatic N) is 2. The Bertz CT molecular complexity index is 448. The van der Waals surface area contributed by atoms with Crippen molar-refractivity contribution in [1.82, 2.24) is 15.1 Å². The molecule has 1 rings (SSSR count). The minimum atomic E-state index is -0.908. The fraction of sp³-hybridized carbons (Fsp3) is 0.714. The van der Waals surface area contributed by atoms with Gasteiger partial charge in [-0.3, -0.25) is 9.48 Å². The van der Waals surface area contributed by atoms with Crippen LogP contribution in [0.15, 0.2) is 6.07 Å². The van der Waals surface area contributed by atoms with Crippen LogP contribution < -0.4 is 5.32 Å². The lowest BCUT2D eigenvalue weighted by Crippen LogP contribution is -2.44. The summed E-state index contributed by atoms with van der Waals surface area (Å²) in [6.45, 7) is 9.87. The third-order valence-electron chi connectivity index (χ3n) is 3.57. The van der Waals surface area contributed by atoms with Crippen molar-refractivity contribution in [2.75, 3.05) is 6.54 Å². The van der Waals surface area contributed by atoms with Gasteiger partial charge in [-0.1, -0.05) is 27.7 Å². The average molecular weight is 267 g/mol. The number of rotatable bonds is 5. The molecule has 0 spiro atoms. The first kappa shape index (κ1) is 15.7. The Balaban J connectivity index is 2.74. The molecule has 2 N–H and O–H groups in total. The van der Waals surface area contributed by atoms with Crippen molar-refractivity contribution in [2.45, 2.75) is 46.1 Å². The van der Waals surface area contributed by atoms with Crippen molar-refractivity contribution < 1.29 is 9.90 Å². The van der Waals surface area contributed by atoms with Crippen LogP contribution in [-0.2, 0) is 7.05 Å². The Morgan fingerprint density at radius 1 is 1.47 bits per heavy atom. The van der Waals surface area contributed by atoms with Crippen LogP contribution in [0.3, 0.4) is 0 Å². The largest absolute Gasteiger partial charge is 0.388 e. The zero-order chi connectivity index (χ0) is 14.8. The smallest absolute Gasteiger partial charge is 0.269 e. The maximum atomic E-state index is 12.1. The lowest BCUT2D eigenvalue weighted by atomic mass is 9.92. The summed E-state index contributed by atoms with van der Waals surface area (Å²) in [5.41, 5.74) is 0.501. The standard InChI is InChI=1S/C14H25N3O2/c1-9(2)11-7-12(17(6)16-11)13(18)15-8-14(5,19)10(3)4/h7,9-10,19H,8H2,1-6H3,(H,15,18). The Morgan fingerprint density at radius 3 is 2.47 bits per heavy atom. The summed E-state index contributed by atoms with van der Waals surface area (Å²) in [6.07, 6.45) is 0. The molecular formula is C14H25N3O2. The van der Waals surface area contributed by atoms with E-state index in [2.05, 4.69) is 10.4 Å². The number of aryl methyl sites for hydroxylation is 1. The van der Waals surface area contributed by atoms with Crippen molar-refractivity contribution in [2.24, 2.45) is 13.0 Å². The van der Waals surface area contributed by atoms with E-state index in [0.29, 0.717) is 5.69 Å². The summed E-state index contributed by atoms with van der Waals surface area (Å²) < 4.78 is 1.58. The molecule has 1 unspecified atom stereocenters. The monoisotopic (exact) mass is 267 g/mol. The second-order valence-electron chi connectivity index (χ2n) is 5.93. The molecular weight excluding hydrogens is 242 g/mol. The van der Waals surface area contributed by atoms with Gasteiger partial charge in [0.1, 0.15) is 5.69 Å². The third-order valence-corrected chi connectivity index (χ3v) is 3.57. The van der Waals surface area contributed by atoms with Crippen LogP contribution in [0.4, 0.5) is 0 Å². The van der Waals surface area contributed by atoms with Gasteiger partial charge in [0.2, 0.25) is 0 Å². The first-order valence-corrected chi connectivity index (χ1v) is 6.69. The van der Waals surface area contributed by atoms with Gasteiger partial charge in [-0.25, -0.2) is 0 Å². The van der Waals surface area contributed by atoms with Gasteiger partial charge in [0.05, 0.1) is 11.3 Å². The van der Waals surface area contributed by atoms with E-state index in [4.69, 9.17) is 0 Å². The van der Waals surface area contributed by atoms with Gasteiger partial charge >= 0.3 is 0 Å². The first-order valence-electron chi connectivity index (χ1n) is 6.69. The predicted octanol–water partition coefficient (Wildman–Crippen LogP) is 1.68. The molecule has 0 saturated heterocycles. The molecule has 0 bridgehead atoms. The highest BCUT2D eigenvalue weighted by Gasteiger charge is 2.26. The van der Waals surface area contributed by atoms with Gasteiger partial charge in [0.25, 0.3) is 5.91 Å². The third kappa shape index (κ3) is 3.80. The van der Waals surface area contributed by atoms with E-state index < -0.39 is 5.60 Å². The first-order chi connectivity index (χ1) is 8.65. The summed E-state index contributed by atoms with van der Waals surface area (Å²) in [6, 6.07) is 1.80. The van der Waals surface area contributed by atoms with E-state index in [1.54, 1.807) is 24.7 Å². The normalized spacial score (nSPS) is 14.8. The lowest BCUT2D eigenvalue weighted by molar-refractivity contribution is 0.0141. The van der Waals surface area contributed by atoms with Crippen molar-refractivity contribution >= 4 is 5.91 Å². The predicted molar refractivity (Wildman–Crippen MR) is 75.1 cm³/mol. The molecule has 1 aromatic heterocycles. The molecule has 5 nitrogen and oxygen atoms in total. The number of nitrogens with one attached hydrogen (secondary N) is 1. The molecule has 0 radical (unpaired) electrons. The summed E-state index contributed by atoms with van der Waals surface area (Å²) >= 11 is 0. The molecule has 1 atom stereocenters. The highest BCUT2D eigenvalue weighted by molar-refractivity contribution is 5.92. The quantitative estimate of drug-likeness (QED) is 0.853. The molecule has 0 fully saturated rings. The van der Waals surface area contributed by atoms with E-state index in [-0.39, 0.29) is 24.3 Å². The fourth-order valence-electron chi connectivity index (χ4n) is 1.54. The molecule has 0 aliphatic carbocycles. The molecule has 1 heterocycles. The summed E-state index contributed by atoms with van der Waals surface area (Å²) in [4.78, 5) is 12.1. The van der Waals surface area contributed by atoms with Crippen LogP contribution in [0.2, 0.25) is 0 Å². The van der Waals surface area contributed by atoms with Crippen LogP contribution in [0.5, 0.6) is 0 Å². The van der Waals surface area contributed by atoms with E-state index >= 15 is 0 Å². The Kier molecular flexibility index (Phi) is 4.74. The zero-order valence-electron chi connectivity index (χ0n) is 12.7. The van der Waals surface area contributed by atoms with Crippen LogP contribution in [0.1, 0.15) is 56.7 Å². The maximum Gasteiger partial charge on any atom is 0.269 e. The second kappa shape index (κ2) is 5.74. The van der Waals surface area contributed by atoms with Gasteiger partial charge in [-0.05, 0) is 24.8 Å². The number of amides is 1. The zero-order valence-corrected chi connectivity index (χ0v) is 12.7. The van der Waals surface area contributed by atoms with Gasteiger partial charge in [0, 0.05) is 13.6 Å². The molecule has 1 amide bonds. The fourth-order valence-corrected chi connectivity index (χ4v) is 1.54. The van der Waals surface area contributed by atoms with Crippen LogP contribution in [0, 0.1) is 5.92 Å². The number of carbonyl (C=O) groups excluding carboxylic acids is 1. The van der Waals surface area contributed by atoms with Crippen LogP contribution in [-0.4, -0.2) is 32.9 Å². The van der Waals surface area contributed by atoms with Crippen molar-refractivity contribution in [3.8, 4) is 0 Å². The molecule has 0 aliphatic rings. The van der Waals surface area contributed by atoms with Crippen molar-refractivity contribution in [3.05, 3.63) is 17.5 Å². The number of carbonyl (C=O) groups is 1. The molecule has 19 heavy (non-hydrogen) atoms. The van der Waals surface area contributed by atoms with Crippen LogP contribution >= 0.6 is 0 Å². The SMILES string of the molecule is CC(C)c1cc(C(=O)NCC(C)(O)C(C)C)n(C)n1. The average Bonchev–Trinajstić information content (AvgIpc) is 2.68. The molecule has 5 heteroatoms. The van der Waals surface area contributed by atoms with Gasteiger partial charge in [-0.15, -0.1) is 0 Å². The molecule has 108 valence electrons. The summed E-state index contributed by atoms with van der Waals surface area (Å²) in [5, 5.41) is 17.2.